The van der Waals surface area contributed by atoms with Gasteiger partial charge >= 0.3 is 5.97 Å². The summed E-state index contributed by atoms with van der Waals surface area (Å²) in [6.45, 7) is 5.23. The number of rotatable bonds is 6. The van der Waals surface area contributed by atoms with Crippen LogP contribution in [0.5, 0.6) is 0 Å². The number of benzene rings is 1. The molecule has 19 heavy (non-hydrogen) atoms. The summed E-state index contributed by atoms with van der Waals surface area (Å²) in [5.74, 6) is -1.70. The smallest absolute Gasteiger partial charge is 0.321 e. The Morgan fingerprint density at radius 2 is 1.79 bits per heavy atom. The van der Waals surface area contributed by atoms with Gasteiger partial charge in [-0.2, -0.15) is 0 Å². The van der Waals surface area contributed by atoms with E-state index in [0.29, 0.717) is 5.56 Å². The van der Waals surface area contributed by atoms with Gasteiger partial charge in [0, 0.05) is 0 Å². The fraction of sp³-hybridized carbons (Fsp3) is 0.462. The predicted molar refractivity (Wildman–Crippen MR) is 73.2 cm³/mol. The van der Waals surface area contributed by atoms with E-state index < -0.39 is 22.0 Å². The van der Waals surface area contributed by atoms with Crippen molar-refractivity contribution in [1.82, 2.24) is 4.72 Å². The van der Waals surface area contributed by atoms with Gasteiger partial charge in [0.1, 0.15) is 6.04 Å². The van der Waals surface area contributed by atoms with E-state index in [4.69, 9.17) is 5.11 Å². The van der Waals surface area contributed by atoms with E-state index in [-0.39, 0.29) is 11.7 Å². The Hall–Kier alpha value is -1.40. The second-order valence-corrected chi connectivity index (χ2v) is 6.68. The van der Waals surface area contributed by atoms with Gasteiger partial charge in [-0.15, -0.1) is 0 Å². The lowest BCUT2D eigenvalue weighted by atomic mass is 10.1. The molecule has 0 amide bonds. The van der Waals surface area contributed by atoms with E-state index in [2.05, 4.69) is 4.72 Å². The number of carbonyl (C=O) groups is 1. The molecule has 0 aliphatic carbocycles. The van der Waals surface area contributed by atoms with Gasteiger partial charge in [-0.25, -0.2) is 13.1 Å². The van der Waals surface area contributed by atoms with Crippen LogP contribution in [0.3, 0.4) is 0 Å². The third-order valence-corrected chi connectivity index (χ3v) is 4.04. The summed E-state index contributed by atoms with van der Waals surface area (Å²) in [5.41, 5.74) is 1.67. The fourth-order valence-electron chi connectivity index (χ4n) is 1.61. The highest BCUT2D eigenvalue weighted by Gasteiger charge is 2.26. The first-order chi connectivity index (χ1) is 8.71. The molecule has 1 rings (SSSR count). The van der Waals surface area contributed by atoms with Crippen molar-refractivity contribution in [1.29, 1.82) is 0 Å². The van der Waals surface area contributed by atoms with Crippen molar-refractivity contribution in [3.05, 3.63) is 35.4 Å². The summed E-state index contributed by atoms with van der Waals surface area (Å²) in [7, 11) is -3.67. The van der Waals surface area contributed by atoms with Crippen molar-refractivity contribution < 1.29 is 18.3 Å². The Labute approximate surface area is 113 Å². The number of carboxylic acids is 1. The minimum absolute atomic E-state index is 0.218. The van der Waals surface area contributed by atoms with E-state index in [9.17, 15) is 13.2 Å². The van der Waals surface area contributed by atoms with Crippen LogP contribution in [-0.4, -0.2) is 25.5 Å². The second kappa shape index (κ2) is 6.16. The highest BCUT2D eigenvalue weighted by Crippen LogP contribution is 2.10. The van der Waals surface area contributed by atoms with Crippen molar-refractivity contribution in [2.24, 2.45) is 5.92 Å². The minimum Gasteiger partial charge on any atom is -0.480 e. The van der Waals surface area contributed by atoms with Crippen molar-refractivity contribution in [2.75, 3.05) is 0 Å². The number of nitrogens with one attached hydrogen (secondary N) is 1. The first-order valence-electron chi connectivity index (χ1n) is 5.99. The molecule has 0 aliphatic rings. The summed E-state index contributed by atoms with van der Waals surface area (Å²) >= 11 is 0. The molecule has 1 aromatic rings. The molecule has 0 spiro atoms. The Kier molecular flexibility index (Phi) is 5.08. The molecule has 1 aromatic carbocycles. The summed E-state index contributed by atoms with van der Waals surface area (Å²) in [4.78, 5) is 11.0. The van der Waals surface area contributed by atoms with Gasteiger partial charge in [0.25, 0.3) is 0 Å². The molecule has 1 atom stereocenters. The maximum absolute atomic E-state index is 11.9. The third kappa shape index (κ3) is 5.00. The Bertz CT molecular complexity index is 534. The Morgan fingerprint density at radius 3 is 2.21 bits per heavy atom. The first kappa shape index (κ1) is 15.7. The molecule has 0 aromatic heterocycles. The number of sulfonamides is 1. The molecule has 0 fully saturated rings. The van der Waals surface area contributed by atoms with Crippen LogP contribution in [0, 0.1) is 12.8 Å². The topological polar surface area (TPSA) is 83.5 Å². The Balaban J connectivity index is 2.81. The monoisotopic (exact) mass is 285 g/mol. The molecular formula is C13H19NO4S. The van der Waals surface area contributed by atoms with Crippen LogP contribution in [-0.2, 0) is 20.6 Å². The normalized spacial score (nSPS) is 13.5. The average molecular weight is 285 g/mol. The van der Waals surface area contributed by atoms with Crippen LogP contribution in [0.25, 0.3) is 0 Å². The van der Waals surface area contributed by atoms with Crippen molar-refractivity contribution in [3.63, 3.8) is 0 Å². The van der Waals surface area contributed by atoms with Gasteiger partial charge in [-0.05, 0) is 18.4 Å². The maximum atomic E-state index is 11.9. The number of hydrogen-bond acceptors (Lipinski definition) is 3. The molecule has 106 valence electrons. The van der Waals surface area contributed by atoms with Crippen LogP contribution in [0.15, 0.2) is 24.3 Å². The van der Waals surface area contributed by atoms with Gasteiger partial charge in [0.15, 0.2) is 0 Å². The van der Waals surface area contributed by atoms with Gasteiger partial charge in [-0.1, -0.05) is 43.7 Å². The lowest BCUT2D eigenvalue weighted by Crippen LogP contribution is -2.44. The standard InChI is InChI=1S/C13H19NO4S/c1-9(2)12(13(15)16)14-19(17,18)8-11-6-4-10(3)5-7-11/h4-7,9,12,14H,8H2,1-3H3,(H,15,16)/t12-/m1/s1. The number of aryl methyl sites for hydroxylation is 1. The van der Waals surface area contributed by atoms with E-state index in [1.807, 2.05) is 19.1 Å². The van der Waals surface area contributed by atoms with E-state index >= 15 is 0 Å². The molecule has 0 unspecified atom stereocenters. The highest BCUT2D eigenvalue weighted by atomic mass is 32.2. The zero-order valence-corrected chi connectivity index (χ0v) is 12.1. The maximum Gasteiger partial charge on any atom is 0.321 e. The molecular weight excluding hydrogens is 266 g/mol. The van der Waals surface area contributed by atoms with Gasteiger partial charge in [0.05, 0.1) is 5.75 Å². The fourth-order valence-corrected chi connectivity index (χ4v) is 3.08. The zero-order valence-electron chi connectivity index (χ0n) is 11.3. The Morgan fingerprint density at radius 1 is 1.26 bits per heavy atom. The molecule has 6 heteroatoms. The average Bonchev–Trinajstić information content (AvgIpc) is 2.28. The number of carboxylic acid groups (broad SMARTS) is 1. The van der Waals surface area contributed by atoms with E-state index in [1.165, 1.54) is 0 Å². The molecule has 0 saturated carbocycles. The molecule has 2 N–H and O–H groups in total. The zero-order chi connectivity index (χ0) is 14.6. The highest BCUT2D eigenvalue weighted by molar-refractivity contribution is 7.88. The van der Waals surface area contributed by atoms with Gasteiger partial charge in [0.2, 0.25) is 10.0 Å². The van der Waals surface area contributed by atoms with Gasteiger partial charge in [-0.3, -0.25) is 4.79 Å². The van der Waals surface area contributed by atoms with Crippen LogP contribution in [0.4, 0.5) is 0 Å². The molecule has 0 bridgehead atoms. The van der Waals surface area contributed by atoms with E-state index in [0.717, 1.165) is 5.56 Å². The predicted octanol–water partition coefficient (Wildman–Crippen LogP) is 1.52. The van der Waals surface area contributed by atoms with Gasteiger partial charge < -0.3 is 5.11 Å². The van der Waals surface area contributed by atoms with Crippen molar-refractivity contribution in [3.8, 4) is 0 Å². The van der Waals surface area contributed by atoms with E-state index in [1.54, 1.807) is 26.0 Å². The number of aliphatic carboxylic acids is 1. The molecule has 0 aliphatic heterocycles. The van der Waals surface area contributed by atoms with Crippen molar-refractivity contribution in [2.45, 2.75) is 32.6 Å². The minimum atomic E-state index is -3.67. The molecule has 0 saturated heterocycles. The lowest BCUT2D eigenvalue weighted by Gasteiger charge is -2.17. The summed E-state index contributed by atoms with van der Waals surface area (Å²) in [5, 5.41) is 8.98. The van der Waals surface area contributed by atoms with Crippen LogP contribution < -0.4 is 4.72 Å². The summed E-state index contributed by atoms with van der Waals surface area (Å²) in [6.07, 6.45) is 0. The lowest BCUT2D eigenvalue weighted by molar-refractivity contribution is -0.140. The SMILES string of the molecule is Cc1ccc(CS(=O)(=O)N[C@@H](C(=O)O)C(C)C)cc1. The van der Waals surface area contributed by atoms with Crippen LogP contribution in [0.2, 0.25) is 0 Å². The quantitative estimate of drug-likeness (QED) is 0.830. The van der Waals surface area contributed by atoms with Crippen molar-refractivity contribution >= 4 is 16.0 Å². The number of hydrogen-bond donors (Lipinski definition) is 2. The van der Waals surface area contributed by atoms with Crippen LogP contribution >= 0.6 is 0 Å². The summed E-state index contributed by atoms with van der Waals surface area (Å²) < 4.78 is 26.1. The third-order valence-electron chi connectivity index (χ3n) is 2.72. The molecule has 0 radical (unpaired) electrons. The second-order valence-electron chi connectivity index (χ2n) is 4.92. The first-order valence-corrected chi connectivity index (χ1v) is 7.65. The largest absolute Gasteiger partial charge is 0.480 e. The molecule has 0 heterocycles. The van der Waals surface area contributed by atoms with Crippen LogP contribution in [0.1, 0.15) is 25.0 Å². The summed E-state index contributed by atoms with van der Waals surface area (Å²) in [6, 6.07) is 5.99. The molecule has 5 nitrogen and oxygen atoms in total.